The lowest BCUT2D eigenvalue weighted by atomic mass is 9.93. The predicted octanol–water partition coefficient (Wildman–Crippen LogP) is 2.48. The topological polar surface area (TPSA) is 157 Å². The number of carbonyl (C=O) groups excluding carboxylic acids is 4. The van der Waals surface area contributed by atoms with Gasteiger partial charge in [0.25, 0.3) is 5.91 Å². The van der Waals surface area contributed by atoms with Gasteiger partial charge in [-0.15, -0.1) is 11.3 Å². The van der Waals surface area contributed by atoms with E-state index in [0.717, 1.165) is 23.5 Å². The summed E-state index contributed by atoms with van der Waals surface area (Å²) in [5.74, 6) is -1.40. The van der Waals surface area contributed by atoms with Crippen molar-refractivity contribution >= 4 is 52.6 Å². The van der Waals surface area contributed by atoms with Crippen molar-refractivity contribution in [2.75, 3.05) is 39.4 Å². The van der Waals surface area contributed by atoms with Gasteiger partial charge in [0.1, 0.15) is 11.6 Å². The van der Waals surface area contributed by atoms with Gasteiger partial charge in [0.15, 0.2) is 0 Å². The maximum atomic E-state index is 14.3. The number of carbonyl (C=O) groups is 4. The van der Waals surface area contributed by atoms with Gasteiger partial charge in [0.05, 0.1) is 24.0 Å². The molecule has 16 heteroatoms. The van der Waals surface area contributed by atoms with Crippen molar-refractivity contribution in [2.24, 2.45) is 5.92 Å². The molecule has 2 aromatic rings. The molecule has 1 aromatic heterocycles. The molecule has 0 bridgehead atoms. The Hall–Kier alpha value is -2.97. The highest BCUT2D eigenvalue weighted by molar-refractivity contribution is 7.52. The number of amides is 4. The Morgan fingerprint density at radius 2 is 1.78 bits per heavy atom. The molecule has 0 spiro atoms. The highest BCUT2D eigenvalue weighted by Gasteiger charge is 2.52. The van der Waals surface area contributed by atoms with Crippen LogP contribution in [-0.2, 0) is 29.3 Å². The molecule has 4 saturated heterocycles. The van der Waals surface area contributed by atoms with Gasteiger partial charge < -0.3 is 34.5 Å². The van der Waals surface area contributed by atoms with E-state index in [2.05, 4.69) is 5.32 Å². The summed E-state index contributed by atoms with van der Waals surface area (Å²) in [6.45, 7) is 4.31. The number of morpholine rings is 1. The molecule has 1 aromatic carbocycles. The molecule has 45 heavy (non-hydrogen) atoms. The van der Waals surface area contributed by atoms with Gasteiger partial charge in [-0.1, -0.05) is 6.07 Å². The van der Waals surface area contributed by atoms with Crippen molar-refractivity contribution in [1.82, 2.24) is 20.0 Å². The number of ether oxygens (including phenoxy) is 1. The first-order valence-electron chi connectivity index (χ1n) is 15.0. The van der Waals surface area contributed by atoms with Gasteiger partial charge in [-0.25, -0.2) is 0 Å². The van der Waals surface area contributed by atoms with E-state index in [1.54, 1.807) is 21.6 Å². The second kappa shape index (κ2) is 11.7. The summed E-state index contributed by atoms with van der Waals surface area (Å²) < 4.78 is 45.6. The van der Waals surface area contributed by atoms with Gasteiger partial charge in [-0.05, 0) is 62.6 Å². The number of alkyl halides is 2. The first kappa shape index (κ1) is 32.0. The minimum absolute atomic E-state index is 0.0146. The second-order valence-corrected chi connectivity index (χ2v) is 15.2. The fraction of sp³-hybridized carbons (Fsp3) is 0.586. The molecule has 4 amide bonds. The Kier molecular flexibility index (Phi) is 8.30. The zero-order valence-corrected chi connectivity index (χ0v) is 26.3. The number of likely N-dealkylation sites (tertiary alicyclic amines) is 1. The first-order valence-corrected chi connectivity index (χ1v) is 17.4. The lowest BCUT2D eigenvalue weighted by molar-refractivity contribution is -0.157. The molecule has 0 unspecified atom stereocenters. The minimum Gasteiger partial charge on any atom is -0.378 e. The number of nitrogens with one attached hydrogen (secondary N) is 1. The highest BCUT2D eigenvalue weighted by atomic mass is 32.1. The number of hydrogen-bond acceptors (Lipinski definition) is 7. The molecule has 0 radical (unpaired) electrons. The van der Waals surface area contributed by atoms with Gasteiger partial charge >= 0.3 is 13.3 Å². The van der Waals surface area contributed by atoms with Gasteiger partial charge in [-0.3, -0.25) is 23.7 Å². The Balaban J connectivity index is 1.14. The molecule has 12 nitrogen and oxygen atoms in total. The Morgan fingerprint density at radius 3 is 2.47 bits per heavy atom. The van der Waals surface area contributed by atoms with Crippen LogP contribution in [0.5, 0.6) is 0 Å². The third kappa shape index (κ3) is 5.78. The van der Waals surface area contributed by atoms with E-state index in [1.165, 1.54) is 12.1 Å². The number of nitrogens with zero attached hydrogens (tertiary/aromatic N) is 3. The van der Waals surface area contributed by atoms with E-state index in [0.29, 0.717) is 76.2 Å². The minimum atomic E-state index is -5.76. The number of halogens is 2. The molecule has 3 N–H and O–H groups in total. The molecular formula is C29H35F2N4O8PS. The highest BCUT2D eigenvalue weighted by Crippen LogP contribution is 2.59. The molecular weight excluding hydrogens is 633 g/mol. The van der Waals surface area contributed by atoms with Crippen LogP contribution in [0.3, 0.4) is 0 Å². The fourth-order valence-corrected chi connectivity index (χ4v) is 8.22. The van der Waals surface area contributed by atoms with Crippen LogP contribution in [-0.4, -0.2) is 105 Å². The van der Waals surface area contributed by atoms with Crippen LogP contribution in [0.25, 0.3) is 10.1 Å². The maximum absolute atomic E-state index is 14.3. The van der Waals surface area contributed by atoms with Crippen LogP contribution in [0.4, 0.5) is 8.78 Å². The monoisotopic (exact) mass is 668 g/mol. The van der Waals surface area contributed by atoms with E-state index in [4.69, 9.17) is 14.5 Å². The lowest BCUT2D eigenvalue weighted by Crippen LogP contribution is -2.64. The summed E-state index contributed by atoms with van der Waals surface area (Å²) in [6, 6.07) is 3.65. The van der Waals surface area contributed by atoms with Crippen molar-refractivity contribution in [2.45, 2.75) is 62.3 Å². The summed E-state index contributed by atoms with van der Waals surface area (Å²) in [7, 11) is -5.76. The zero-order valence-electron chi connectivity index (χ0n) is 24.6. The van der Waals surface area contributed by atoms with Crippen LogP contribution >= 0.6 is 18.9 Å². The third-order valence-corrected chi connectivity index (χ3v) is 11.5. The number of hydrogen-bond donors (Lipinski definition) is 3. The van der Waals surface area contributed by atoms with Crippen LogP contribution in [0, 0.1) is 5.92 Å². The van der Waals surface area contributed by atoms with E-state index >= 15 is 0 Å². The standard InChI is InChI=1S/C29H35F2N4O8PS/c1-28(32-24(36)23-14-17-13-19(4-7-22(17)45-23)29(30,31)44(40,41)42)8-2-3-20-5-6-21(35(20)27(28)39)26(38)34-15-18(16-34)25(37)33-9-11-43-12-10-33/h4,7,13-14,18,20-21H,2-3,5-6,8-12,15-16H2,1H3,(H,32,36)(H2,40,41,42)/t20-,21-,28-/m0/s1. The number of rotatable bonds is 6. The smallest absolute Gasteiger partial charge is 0.378 e. The van der Waals surface area contributed by atoms with E-state index in [-0.39, 0.29) is 39.9 Å². The summed E-state index contributed by atoms with van der Waals surface area (Å²) in [4.78, 5) is 77.3. The quantitative estimate of drug-likeness (QED) is 0.397. The van der Waals surface area contributed by atoms with E-state index in [9.17, 15) is 32.5 Å². The van der Waals surface area contributed by atoms with Crippen LogP contribution in [0.15, 0.2) is 24.3 Å². The summed E-state index contributed by atoms with van der Waals surface area (Å²) >= 11 is 1.00. The van der Waals surface area contributed by atoms with Crippen LogP contribution < -0.4 is 5.32 Å². The maximum Gasteiger partial charge on any atom is 0.399 e. The largest absolute Gasteiger partial charge is 0.399 e. The summed E-state index contributed by atoms with van der Waals surface area (Å²) in [5.41, 5.74) is -6.58. The third-order valence-electron chi connectivity index (χ3n) is 9.42. The van der Waals surface area contributed by atoms with Gasteiger partial charge in [0.2, 0.25) is 17.7 Å². The Morgan fingerprint density at radius 1 is 1.07 bits per heavy atom. The number of fused-ring (bicyclic) bond motifs is 2. The van der Waals surface area contributed by atoms with Gasteiger partial charge in [-0.2, -0.15) is 8.78 Å². The summed E-state index contributed by atoms with van der Waals surface area (Å²) in [5, 5.41) is 3.05. The molecule has 0 saturated carbocycles. The van der Waals surface area contributed by atoms with Crippen molar-refractivity contribution in [3.63, 3.8) is 0 Å². The molecule has 244 valence electrons. The average Bonchev–Trinajstić information content (AvgIpc) is 3.57. The van der Waals surface area contributed by atoms with E-state index in [1.807, 2.05) is 0 Å². The van der Waals surface area contributed by atoms with Crippen molar-refractivity contribution < 1.29 is 47.0 Å². The predicted molar refractivity (Wildman–Crippen MR) is 159 cm³/mol. The SMILES string of the molecule is C[C@]1(NC(=O)c2cc3cc(C(F)(F)P(=O)(O)O)ccc3s2)CCC[C@H]2CC[C@@H](C(=O)N3CC(C(=O)N4CCOCC4)C3)N2C1=O. The normalized spacial score (nSPS) is 26.4. The Labute approximate surface area is 261 Å². The fourth-order valence-electron chi connectivity index (χ4n) is 6.81. The zero-order chi connectivity index (χ0) is 32.3. The van der Waals surface area contributed by atoms with Gasteiger partial charge in [0, 0.05) is 42.5 Å². The number of thiophene rings is 1. The molecule has 0 aliphatic carbocycles. The Bertz CT molecular complexity index is 1590. The molecule has 4 aliphatic heterocycles. The van der Waals surface area contributed by atoms with Crippen LogP contribution in [0.1, 0.15) is 54.3 Å². The van der Waals surface area contributed by atoms with E-state index < -0.39 is 36.3 Å². The van der Waals surface area contributed by atoms with Crippen molar-refractivity contribution in [3.05, 3.63) is 34.7 Å². The molecule has 4 aliphatic rings. The van der Waals surface area contributed by atoms with Crippen LogP contribution in [0.2, 0.25) is 0 Å². The molecule has 6 rings (SSSR count). The van der Waals surface area contributed by atoms with Crippen molar-refractivity contribution in [1.29, 1.82) is 0 Å². The molecule has 3 atom stereocenters. The summed E-state index contributed by atoms with van der Waals surface area (Å²) in [6.07, 6.45) is 2.81. The molecule has 5 heterocycles. The second-order valence-electron chi connectivity index (χ2n) is 12.5. The first-order chi connectivity index (χ1) is 21.2. The number of benzene rings is 1. The molecule has 4 fully saturated rings. The average molecular weight is 669 g/mol. The lowest BCUT2D eigenvalue weighted by Gasteiger charge is -2.44. The van der Waals surface area contributed by atoms with Crippen molar-refractivity contribution in [3.8, 4) is 0 Å².